The number of sulfonamides is 2. The summed E-state index contributed by atoms with van der Waals surface area (Å²) in [5.74, 6) is -0.978. The standard InChI is InChI=1S/C24H30BrN3O3S.C22H22ClF3N2O.C20H22Cl2N2O.C20H20ClF3N2O.C20H29N3O2S/c1-27-15-7-6-10-21(27)23(17-8-4-3-5-9-17)26-24(29)18-11-14-22(20(25)16-18)32(30,31)28(2)19-12-13-19;23-19-16(7-4-8-17(19)22(24,25)26)21(29)27-20(15-5-2-1-3-6-15)18-13-14-9-11-28(18)12-10-14;1-24-13-6-5-12-17(24)19(14-8-3-2-4-9-14)23-20(25)15-10-7-11-16(21)18(15)22;21-17-14(9-6-10-15(17)20(22,23)24)19(27)26-18(13-7-2-1-3-8-13)16-11-4-5-12-25-16;1-15-7-5-8-16(2)23(15)14-18(21)13-22-26(24,25)20-12-6-10-17-9-3-4-11-19(17)20/h3-5,8-9,11,14,16,19,21,23H,6-7,10,12-13,15H2,1-2H3,(H,26,29);1-8,14,18,20H,9-13H2,(H,27,29);2-4,7-11,17,19H,5-6,12-13H2,1H3,(H,23,25);1-3,6-10,16,18,25H,4-5,11-12H2,(H,26,27);3-4,6,9-12,15-16,18,22H,5,7-8,13-14,21H2,1-2H3/t;18-,20-;17-,19-;;15-,16+,18-/m.00.0/s1. The minimum Gasteiger partial charge on any atom is -0.344 e. The molecule has 0 spiro atoms. The molecule has 7 aliphatic heterocycles. The Bertz CT molecular complexity index is 6010. The summed E-state index contributed by atoms with van der Waals surface area (Å²) in [4.78, 5) is 61.8. The number of halogens is 11. The van der Waals surface area contributed by atoms with Gasteiger partial charge in [-0.3, -0.25) is 29.0 Å². The van der Waals surface area contributed by atoms with Crippen molar-refractivity contribution in [2.75, 3.05) is 67.0 Å². The topological polar surface area (TPSA) is 251 Å². The lowest BCUT2D eigenvalue weighted by atomic mass is 9.79. The predicted molar refractivity (Wildman–Crippen MR) is 544 cm³/mol. The van der Waals surface area contributed by atoms with Gasteiger partial charge >= 0.3 is 12.4 Å². The van der Waals surface area contributed by atoms with Gasteiger partial charge in [0.2, 0.25) is 20.0 Å². The summed E-state index contributed by atoms with van der Waals surface area (Å²) in [5, 5.41) is 16.9. The highest BCUT2D eigenvalue weighted by Crippen LogP contribution is 2.43. The largest absolute Gasteiger partial charge is 0.417 e. The number of fused-ring (bicyclic) bond motifs is 4. The first-order valence-corrected chi connectivity index (χ1v) is 52.9. The average Bonchev–Trinajstić information content (AvgIpc) is 1.61. The first-order chi connectivity index (χ1) is 66.5. The molecule has 0 aromatic heterocycles. The highest BCUT2D eigenvalue weighted by atomic mass is 79.9. The van der Waals surface area contributed by atoms with Crippen molar-refractivity contribution < 1.29 is 62.4 Å². The van der Waals surface area contributed by atoms with Gasteiger partial charge in [-0.2, -0.15) is 30.6 Å². The highest BCUT2D eigenvalue weighted by Gasteiger charge is 2.43. The van der Waals surface area contributed by atoms with E-state index >= 15 is 0 Å². The molecular weight excluding hydrogens is 1970 g/mol. The molecule has 1 saturated carbocycles. The van der Waals surface area contributed by atoms with Crippen molar-refractivity contribution in [1.82, 2.24) is 55.2 Å². The molecule has 7 saturated heterocycles. The summed E-state index contributed by atoms with van der Waals surface area (Å²) in [7, 11) is -1.34. The van der Waals surface area contributed by atoms with Crippen LogP contribution in [-0.2, 0) is 32.4 Å². The number of nitrogens with zero attached hydrogens (tertiary/aromatic N) is 5. The molecule has 2 bridgehead atoms. The van der Waals surface area contributed by atoms with Crippen molar-refractivity contribution in [2.45, 2.75) is 218 Å². The third-order valence-electron chi connectivity index (χ3n) is 27.6. The Labute approximate surface area is 841 Å². The van der Waals surface area contributed by atoms with E-state index in [0.29, 0.717) is 55.1 Å². The van der Waals surface area contributed by atoms with E-state index in [1.54, 1.807) is 49.5 Å². The van der Waals surface area contributed by atoms with Crippen LogP contribution in [0.3, 0.4) is 0 Å². The summed E-state index contributed by atoms with van der Waals surface area (Å²) < 4.78 is 135. The monoisotopic (exact) mass is 2090 g/mol. The van der Waals surface area contributed by atoms with Gasteiger partial charge in [-0.15, -0.1) is 0 Å². The van der Waals surface area contributed by atoms with E-state index in [0.717, 1.165) is 149 Å². The zero-order valence-corrected chi connectivity index (χ0v) is 84.8. The molecular formula is C106H123BrCl4F6N12O8S2. The second-order valence-electron chi connectivity index (χ2n) is 37.1. The van der Waals surface area contributed by atoms with Gasteiger partial charge < -0.3 is 42.1 Å². The maximum absolute atomic E-state index is 13.2. The van der Waals surface area contributed by atoms with E-state index in [2.05, 4.69) is 107 Å². The molecule has 4 unspecified atom stereocenters. The SMILES string of the molecule is CN1CCCCC1C(NC(=O)c1ccc(S(=O)(=O)N(C)C2CC2)c(Br)c1)c1ccccc1.CN1CCCC[C@H]1[C@@H](NC(=O)c1cccc(Cl)c1Cl)c1ccccc1.C[C@@H]1CCC[C@H](C)N1C[C@@H](N)CNS(=O)(=O)c1cccc2ccccc12.O=C(NC(c1ccccc1)C1CCCCN1)c1cccc(C(F)(F)F)c1Cl.O=C(N[C@@H](c1ccccc1)[C@@H]1CC2CCN1CC2)c1cccc(C(F)(F)F)c1Cl. The second-order valence-corrected chi connectivity index (χ2v) is 43.2. The van der Waals surface area contributed by atoms with Crippen molar-refractivity contribution in [3.8, 4) is 0 Å². The number of rotatable bonds is 25. The number of nitrogens with one attached hydrogen (secondary N) is 6. The Morgan fingerprint density at radius 1 is 0.475 bits per heavy atom. The van der Waals surface area contributed by atoms with E-state index < -0.39 is 65.4 Å². The maximum atomic E-state index is 13.2. The Kier molecular flexibility index (Phi) is 38.2. The van der Waals surface area contributed by atoms with Gasteiger partial charge in [0.05, 0.1) is 81.9 Å². The fraction of sp³-hybridized carbons (Fsp3) is 0.415. The summed E-state index contributed by atoms with van der Waals surface area (Å²) in [6, 6.07) is 69.3. The molecule has 4 amide bonds. The highest BCUT2D eigenvalue weighted by molar-refractivity contribution is 9.10. The van der Waals surface area contributed by atoms with Crippen molar-refractivity contribution in [3.05, 3.63) is 317 Å². The fourth-order valence-corrected chi connectivity index (χ4v) is 24.6. The summed E-state index contributed by atoms with van der Waals surface area (Å²) in [5.41, 5.74) is 8.78. The smallest absolute Gasteiger partial charge is 0.344 e. The van der Waals surface area contributed by atoms with Crippen LogP contribution in [0.4, 0.5) is 26.3 Å². The van der Waals surface area contributed by atoms with Crippen LogP contribution in [-0.4, -0.2) is 180 Å². The third kappa shape index (κ3) is 28.2. The number of nitrogens with two attached hydrogens (primary N) is 1. The van der Waals surface area contributed by atoms with Crippen molar-refractivity contribution in [3.63, 3.8) is 0 Å². The molecule has 1 aliphatic carbocycles. The molecule has 20 nitrogen and oxygen atoms in total. The van der Waals surface area contributed by atoms with Gasteiger partial charge in [0, 0.05) is 83.9 Å². The number of likely N-dealkylation sites (N-methyl/N-ethyl adjacent to an activating group) is 2. The van der Waals surface area contributed by atoms with Crippen LogP contribution in [0.2, 0.25) is 20.1 Å². The number of carbonyl (C=O) groups excluding carboxylic acids is 4. The molecule has 18 rings (SSSR count). The molecule has 10 aromatic rings. The van der Waals surface area contributed by atoms with Crippen LogP contribution < -0.4 is 37.0 Å². The Morgan fingerprint density at radius 2 is 0.914 bits per heavy atom. The van der Waals surface area contributed by atoms with Crippen LogP contribution in [0.25, 0.3) is 10.8 Å². The van der Waals surface area contributed by atoms with Crippen LogP contribution in [0.5, 0.6) is 0 Å². The summed E-state index contributed by atoms with van der Waals surface area (Å²) >= 11 is 27.6. The van der Waals surface area contributed by atoms with Crippen LogP contribution in [0.1, 0.15) is 222 Å². The molecule has 8 fully saturated rings. The average molecular weight is 2090 g/mol. The number of piperidine rings is 7. The minimum atomic E-state index is -4.61. The van der Waals surface area contributed by atoms with E-state index in [1.807, 2.05) is 140 Å². The molecule has 7 heterocycles. The molecule has 11 atom stereocenters. The quantitative estimate of drug-likeness (QED) is 0.0263. The zero-order valence-electron chi connectivity index (χ0n) is 78.5. The van der Waals surface area contributed by atoms with Crippen molar-refractivity contribution in [1.29, 1.82) is 0 Å². The number of alkyl halides is 6. The number of carbonyl (C=O) groups is 4. The van der Waals surface area contributed by atoms with Gasteiger partial charge in [0.25, 0.3) is 23.6 Å². The van der Waals surface area contributed by atoms with E-state index in [-0.39, 0.29) is 94.8 Å². The van der Waals surface area contributed by atoms with Crippen LogP contribution >= 0.6 is 62.3 Å². The summed E-state index contributed by atoms with van der Waals surface area (Å²) in [6.45, 7) is 10.3. The van der Waals surface area contributed by atoms with E-state index in [1.165, 1.54) is 73.2 Å². The Balaban J connectivity index is 0.000000147. The Morgan fingerprint density at radius 3 is 1.37 bits per heavy atom. The molecule has 744 valence electrons. The zero-order chi connectivity index (χ0) is 99.5. The maximum Gasteiger partial charge on any atom is 0.417 e. The number of amides is 4. The Hall–Kier alpha value is -8.86. The van der Waals surface area contributed by atoms with Gasteiger partial charge in [0.15, 0.2) is 0 Å². The third-order valence-corrected chi connectivity index (χ3v) is 33.6. The van der Waals surface area contributed by atoms with Crippen molar-refractivity contribution >= 4 is 117 Å². The predicted octanol–water partition coefficient (Wildman–Crippen LogP) is 22.1. The molecule has 33 heteroatoms. The van der Waals surface area contributed by atoms with E-state index in [9.17, 15) is 62.4 Å². The lowest BCUT2D eigenvalue weighted by Crippen LogP contribution is -2.54. The van der Waals surface area contributed by atoms with Gasteiger partial charge in [-0.1, -0.05) is 248 Å². The first-order valence-electron chi connectivity index (χ1n) is 47.7. The number of hydrogen-bond acceptors (Lipinski definition) is 14. The van der Waals surface area contributed by atoms with Crippen LogP contribution in [0, 0.1) is 5.92 Å². The van der Waals surface area contributed by atoms with Gasteiger partial charge in [-0.05, 0) is 254 Å². The number of benzene rings is 10. The lowest BCUT2D eigenvalue weighted by molar-refractivity contribution is -0.138. The molecule has 10 aromatic carbocycles. The fourth-order valence-electron chi connectivity index (χ4n) is 19.8. The van der Waals surface area contributed by atoms with E-state index in [4.69, 9.17) is 52.1 Å². The van der Waals surface area contributed by atoms with Gasteiger partial charge in [0.1, 0.15) is 0 Å². The normalized spacial score (nSPS) is 21.5. The summed E-state index contributed by atoms with van der Waals surface area (Å²) in [6.07, 6.45) is 9.17. The molecule has 0 radical (unpaired) electrons. The molecule has 139 heavy (non-hydrogen) atoms. The second kappa shape index (κ2) is 49.4. The van der Waals surface area contributed by atoms with Crippen molar-refractivity contribution in [2.24, 2.45) is 11.7 Å². The number of likely N-dealkylation sites (tertiary alicyclic amines) is 3. The lowest BCUT2D eigenvalue weighted by Gasteiger charge is -2.48. The minimum absolute atomic E-state index is 0.00896. The number of hydrogen-bond donors (Lipinski definition) is 7. The first kappa shape index (κ1) is 107. The van der Waals surface area contributed by atoms with Gasteiger partial charge in [-0.25, -0.2) is 21.6 Å². The van der Waals surface area contributed by atoms with Crippen LogP contribution in [0.15, 0.2) is 251 Å². The molecule has 8 N–H and O–H groups in total. The molecule has 8 aliphatic rings.